The second-order valence-corrected chi connectivity index (χ2v) is 8.73. The molecule has 0 radical (unpaired) electrons. The van der Waals surface area contributed by atoms with Gasteiger partial charge in [0.05, 0.1) is 10.5 Å². The SMILES string of the molecule is CC(C)N(C)S(=O)(=O)c1ccc(NC(=O)c2ccc(-c3ccccc3F)o2)cc1. The van der Waals surface area contributed by atoms with Crippen LogP contribution in [0.3, 0.4) is 0 Å². The van der Waals surface area contributed by atoms with Crippen LogP contribution in [0, 0.1) is 5.82 Å². The van der Waals surface area contributed by atoms with Gasteiger partial charge in [-0.25, -0.2) is 12.8 Å². The number of sulfonamides is 1. The van der Waals surface area contributed by atoms with Crippen molar-refractivity contribution in [1.29, 1.82) is 0 Å². The molecule has 8 heteroatoms. The molecule has 0 unspecified atom stereocenters. The van der Waals surface area contributed by atoms with Crippen LogP contribution in [-0.4, -0.2) is 31.7 Å². The summed E-state index contributed by atoms with van der Waals surface area (Å²) in [6, 6.07) is 14.8. The van der Waals surface area contributed by atoms with Crippen LogP contribution in [0.25, 0.3) is 11.3 Å². The topological polar surface area (TPSA) is 79.6 Å². The summed E-state index contributed by atoms with van der Waals surface area (Å²) in [5, 5.41) is 2.63. The maximum Gasteiger partial charge on any atom is 0.291 e. The zero-order chi connectivity index (χ0) is 21.2. The molecule has 1 heterocycles. The molecule has 0 spiro atoms. The van der Waals surface area contributed by atoms with E-state index >= 15 is 0 Å². The Balaban J connectivity index is 1.74. The van der Waals surface area contributed by atoms with Gasteiger partial charge in [0.15, 0.2) is 5.76 Å². The Morgan fingerprint density at radius 1 is 1.03 bits per heavy atom. The van der Waals surface area contributed by atoms with E-state index in [9.17, 15) is 17.6 Å². The molecule has 29 heavy (non-hydrogen) atoms. The van der Waals surface area contributed by atoms with Gasteiger partial charge in [-0.05, 0) is 62.4 Å². The van der Waals surface area contributed by atoms with Gasteiger partial charge in [0, 0.05) is 18.8 Å². The molecule has 0 aliphatic rings. The van der Waals surface area contributed by atoms with Crippen molar-refractivity contribution >= 4 is 21.6 Å². The Hall–Kier alpha value is -2.97. The number of hydrogen-bond acceptors (Lipinski definition) is 4. The molecule has 0 aliphatic carbocycles. The molecule has 0 atom stereocenters. The molecule has 1 aromatic heterocycles. The lowest BCUT2D eigenvalue weighted by Crippen LogP contribution is -2.33. The summed E-state index contributed by atoms with van der Waals surface area (Å²) in [5.74, 6) is -0.717. The lowest BCUT2D eigenvalue weighted by atomic mass is 10.1. The first kappa shape index (κ1) is 20.8. The van der Waals surface area contributed by atoms with Crippen LogP contribution in [0.5, 0.6) is 0 Å². The largest absolute Gasteiger partial charge is 0.451 e. The highest BCUT2D eigenvalue weighted by Crippen LogP contribution is 2.25. The molecule has 0 fully saturated rings. The number of rotatable bonds is 6. The zero-order valence-corrected chi connectivity index (χ0v) is 17.0. The van der Waals surface area contributed by atoms with E-state index in [2.05, 4.69) is 5.32 Å². The summed E-state index contributed by atoms with van der Waals surface area (Å²) in [6.07, 6.45) is 0. The second kappa shape index (κ2) is 8.18. The number of carbonyl (C=O) groups is 1. The molecule has 6 nitrogen and oxygen atoms in total. The van der Waals surface area contributed by atoms with Crippen molar-refractivity contribution in [2.24, 2.45) is 0 Å². The molecule has 3 aromatic rings. The zero-order valence-electron chi connectivity index (χ0n) is 16.2. The van der Waals surface area contributed by atoms with E-state index in [0.29, 0.717) is 5.69 Å². The average Bonchev–Trinajstić information content (AvgIpc) is 3.18. The van der Waals surface area contributed by atoms with Crippen molar-refractivity contribution in [1.82, 2.24) is 4.31 Å². The highest BCUT2D eigenvalue weighted by atomic mass is 32.2. The van der Waals surface area contributed by atoms with Gasteiger partial charge in [-0.1, -0.05) is 12.1 Å². The molecule has 0 aliphatic heterocycles. The highest BCUT2D eigenvalue weighted by Gasteiger charge is 2.23. The van der Waals surface area contributed by atoms with Crippen LogP contribution in [-0.2, 0) is 10.0 Å². The first-order valence-electron chi connectivity index (χ1n) is 8.94. The third kappa shape index (κ3) is 4.38. The van der Waals surface area contributed by atoms with Gasteiger partial charge in [-0.15, -0.1) is 0 Å². The molecule has 3 rings (SSSR count). The summed E-state index contributed by atoms with van der Waals surface area (Å²) in [5.41, 5.74) is 0.667. The molecule has 152 valence electrons. The number of benzene rings is 2. The quantitative estimate of drug-likeness (QED) is 0.647. The number of carbonyl (C=O) groups excluding carboxylic acids is 1. The van der Waals surface area contributed by atoms with Gasteiger partial charge in [0.25, 0.3) is 5.91 Å². The van der Waals surface area contributed by atoms with Gasteiger partial charge >= 0.3 is 0 Å². The van der Waals surface area contributed by atoms with E-state index in [-0.39, 0.29) is 28.0 Å². The fourth-order valence-corrected chi connectivity index (χ4v) is 3.98. The Morgan fingerprint density at radius 2 is 1.69 bits per heavy atom. The van der Waals surface area contributed by atoms with E-state index in [1.807, 2.05) is 0 Å². The van der Waals surface area contributed by atoms with E-state index in [0.717, 1.165) is 0 Å². The Morgan fingerprint density at radius 3 is 2.31 bits per heavy atom. The fourth-order valence-electron chi connectivity index (χ4n) is 2.61. The first-order valence-corrected chi connectivity index (χ1v) is 10.4. The third-order valence-electron chi connectivity index (χ3n) is 4.49. The van der Waals surface area contributed by atoms with Crippen LogP contribution in [0.15, 0.2) is 70.0 Å². The molecule has 1 N–H and O–H groups in total. The lowest BCUT2D eigenvalue weighted by Gasteiger charge is -2.21. The van der Waals surface area contributed by atoms with Crippen molar-refractivity contribution in [2.45, 2.75) is 24.8 Å². The highest BCUT2D eigenvalue weighted by molar-refractivity contribution is 7.89. The first-order chi connectivity index (χ1) is 13.7. The summed E-state index contributed by atoms with van der Waals surface area (Å²) in [4.78, 5) is 12.5. The number of nitrogens with one attached hydrogen (secondary N) is 1. The van der Waals surface area contributed by atoms with E-state index in [1.54, 1.807) is 32.0 Å². The summed E-state index contributed by atoms with van der Waals surface area (Å²) in [6.45, 7) is 3.57. The predicted octanol–water partition coefficient (Wildman–Crippen LogP) is 4.37. The van der Waals surface area contributed by atoms with Crippen LogP contribution >= 0.6 is 0 Å². The maximum atomic E-state index is 13.9. The minimum absolute atomic E-state index is 0.0134. The smallest absolute Gasteiger partial charge is 0.291 e. The number of amides is 1. The second-order valence-electron chi connectivity index (χ2n) is 6.74. The molecular weight excluding hydrogens is 395 g/mol. The Bertz CT molecular complexity index is 1120. The van der Waals surface area contributed by atoms with Crippen LogP contribution < -0.4 is 5.32 Å². The molecule has 0 bridgehead atoms. The van der Waals surface area contributed by atoms with Gasteiger partial charge in [-0.3, -0.25) is 4.79 Å². The van der Waals surface area contributed by atoms with Crippen molar-refractivity contribution in [3.63, 3.8) is 0 Å². The van der Waals surface area contributed by atoms with Crippen molar-refractivity contribution in [3.8, 4) is 11.3 Å². The predicted molar refractivity (Wildman–Crippen MR) is 109 cm³/mol. The molecular formula is C21H21FN2O4S. The lowest BCUT2D eigenvalue weighted by molar-refractivity contribution is 0.0997. The summed E-state index contributed by atoms with van der Waals surface area (Å²) >= 11 is 0. The number of furan rings is 1. The monoisotopic (exact) mass is 416 g/mol. The van der Waals surface area contributed by atoms with Gasteiger partial charge < -0.3 is 9.73 Å². The molecule has 2 aromatic carbocycles. The summed E-state index contributed by atoms with van der Waals surface area (Å²) < 4.78 is 45.6. The van der Waals surface area contributed by atoms with Gasteiger partial charge in [0.1, 0.15) is 11.6 Å². The van der Waals surface area contributed by atoms with Crippen LogP contribution in [0.4, 0.5) is 10.1 Å². The number of nitrogens with zero attached hydrogens (tertiary/aromatic N) is 1. The number of anilines is 1. The summed E-state index contributed by atoms with van der Waals surface area (Å²) in [7, 11) is -2.09. The Labute approximate surface area is 169 Å². The van der Waals surface area contributed by atoms with Crippen molar-refractivity contribution < 1.29 is 22.0 Å². The van der Waals surface area contributed by atoms with Crippen LogP contribution in [0.2, 0.25) is 0 Å². The molecule has 0 saturated heterocycles. The van der Waals surface area contributed by atoms with E-state index in [4.69, 9.17) is 4.42 Å². The molecule has 0 saturated carbocycles. The van der Waals surface area contributed by atoms with Crippen molar-refractivity contribution in [3.05, 3.63) is 72.2 Å². The normalized spacial score (nSPS) is 11.8. The van der Waals surface area contributed by atoms with Crippen molar-refractivity contribution in [2.75, 3.05) is 12.4 Å². The average molecular weight is 416 g/mol. The van der Waals surface area contributed by atoms with E-state index in [1.165, 1.54) is 53.8 Å². The molecule has 1 amide bonds. The third-order valence-corrected chi connectivity index (χ3v) is 6.53. The maximum absolute atomic E-state index is 13.9. The van der Waals surface area contributed by atoms with E-state index < -0.39 is 21.7 Å². The van der Waals surface area contributed by atoms with Crippen LogP contribution in [0.1, 0.15) is 24.4 Å². The number of halogens is 1. The van der Waals surface area contributed by atoms with Gasteiger partial charge in [0.2, 0.25) is 10.0 Å². The van der Waals surface area contributed by atoms with Gasteiger partial charge in [-0.2, -0.15) is 4.31 Å². The number of hydrogen-bond donors (Lipinski definition) is 1. The standard InChI is InChI=1S/C21H21FN2O4S/c1-14(2)24(3)29(26,27)16-10-8-15(9-11-16)23-21(25)20-13-12-19(28-20)17-6-4-5-7-18(17)22/h4-14H,1-3H3,(H,23,25). The fraction of sp³-hybridized carbons (Fsp3) is 0.190. The Kier molecular flexibility index (Phi) is 5.86. The minimum atomic E-state index is -3.60. The minimum Gasteiger partial charge on any atom is -0.451 e.